The number of benzene rings is 1. The number of anilines is 1. The third-order valence-electron chi connectivity index (χ3n) is 5.19. The molecule has 0 amide bonds. The Hall–Kier alpha value is -3.92. The molecular weight excluding hydrogens is 390 g/mol. The van der Waals surface area contributed by atoms with Gasteiger partial charge in [0, 0.05) is 24.8 Å². The van der Waals surface area contributed by atoms with Gasteiger partial charge in [0.25, 0.3) is 0 Å². The molecule has 1 aromatic carbocycles. The van der Waals surface area contributed by atoms with E-state index in [0.717, 1.165) is 47.8 Å². The Balaban J connectivity index is 1.43. The molecule has 2 aromatic heterocycles. The molecule has 1 fully saturated rings. The molecule has 1 aliphatic heterocycles. The fourth-order valence-corrected chi connectivity index (χ4v) is 3.57. The zero-order chi connectivity index (χ0) is 21.6. The summed E-state index contributed by atoms with van der Waals surface area (Å²) in [5.41, 5.74) is 2.46. The van der Waals surface area contributed by atoms with Gasteiger partial charge in [-0.2, -0.15) is 0 Å². The predicted octanol–water partition coefficient (Wildman–Crippen LogP) is 3.58. The van der Waals surface area contributed by atoms with E-state index in [1.165, 1.54) is 0 Å². The Kier molecular flexibility index (Phi) is 6.08. The topological polar surface area (TPSA) is 75.3 Å². The van der Waals surface area contributed by atoms with E-state index < -0.39 is 0 Å². The SMILES string of the molecule is C=CC(=C)N1CC[C@@H](Nc2ncnc3[nH]c(C#CCOc4ccccc4OC)cc23)C1. The second-order valence-electron chi connectivity index (χ2n) is 7.18. The van der Waals surface area contributed by atoms with Crippen LogP contribution in [0.4, 0.5) is 5.82 Å². The van der Waals surface area contributed by atoms with Crippen molar-refractivity contribution in [3.63, 3.8) is 0 Å². The van der Waals surface area contributed by atoms with Crippen molar-refractivity contribution in [1.82, 2.24) is 19.9 Å². The number of methoxy groups -OCH3 is 1. The lowest BCUT2D eigenvalue weighted by atomic mass is 10.2. The molecule has 0 spiro atoms. The van der Waals surface area contributed by atoms with Gasteiger partial charge in [0.05, 0.1) is 18.2 Å². The second-order valence-corrected chi connectivity index (χ2v) is 7.18. The Morgan fingerprint density at radius 1 is 1.35 bits per heavy atom. The zero-order valence-corrected chi connectivity index (χ0v) is 17.5. The highest BCUT2D eigenvalue weighted by Crippen LogP contribution is 2.26. The molecule has 0 radical (unpaired) electrons. The van der Waals surface area contributed by atoms with Crippen LogP contribution in [0.2, 0.25) is 0 Å². The van der Waals surface area contributed by atoms with Crippen LogP contribution in [0.25, 0.3) is 11.0 Å². The van der Waals surface area contributed by atoms with E-state index in [9.17, 15) is 0 Å². The average molecular weight is 415 g/mol. The molecule has 1 saturated heterocycles. The number of fused-ring (bicyclic) bond motifs is 1. The van der Waals surface area contributed by atoms with Crippen LogP contribution in [0.15, 0.2) is 61.6 Å². The number of hydrogen-bond acceptors (Lipinski definition) is 6. The van der Waals surface area contributed by atoms with Gasteiger partial charge in [-0.3, -0.25) is 0 Å². The summed E-state index contributed by atoms with van der Waals surface area (Å²) in [6.45, 7) is 9.90. The Morgan fingerprint density at radius 3 is 3.00 bits per heavy atom. The van der Waals surface area contributed by atoms with Crippen molar-refractivity contribution in [3.05, 3.63) is 67.3 Å². The molecule has 0 aliphatic carbocycles. The molecule has 158 valence electrons. The first-order valence-corrected chi connectivity index (χ1v) is 10.1. The number of allylic oxidation sites excluding steroid dienone is 1. The fourth-order valence-electron chi connectivity index (χ4n) is 3.57. The van der Waals surface area contributed by atoms with Gasteiger partial charge in [-0.1, -0.05) is 31.2 Å². The number of nitrogens with zero attached hydrogens (tertiary/aromatic N) is 3. The van der Waals surface area contributed by atoms with Crippen LogP contribution in [-0.4, -0.2) is 52.7 Å². The van der Waals surface area contributed by atoms with Gasteiger partial charge >= 0.3 is 0 Å². The first kappa shape index (κ1) is 20.4. The lowest BCUT2D eigenvalue weighted by molar-refractivity contribution is 0.331. The van der Waals surface area contributed by atoms with E-state index in [4.69, 9.17) is 9.47 Å². The summed E-state index contributed by atoms with van der Waals surface area (Å²) in [4.78, 5) is 14.2. The van der Waals surface area contributed by atoms with E-state index in [0.29, 0.717) is 11.5 Å². The van der Waals surface area contributed by atoms with Crippen LogP contribution >= 0.6 is 0 Å². The van der Waals surface area contributed by atoms with Gasteiger partial charge in [0.15, 0.2) is 11.5 Å². The molecule has 4 rings (SSSR count). The van der Waals surface area contributed by atoms with Gasteiger partial charge < -0.3 is 24.7 Å². The molecule has 7 heteroatoms. The smallest absolute Gasteiger partial charge is 0.162 e. The van der Waals surface area contributed by atoms with Crippen molar-refractivity contribution in [3.8, 4) is 23.3 Å². The molecule has 0 bridgehead atoms. The molecule has 3 heterocycles. The van der Waals surface area contributed by atoms with E-state index in [2.05, 4.69) is 50.2 Å². The molecular formula is C24H25N5O2. The third-order valence-corrected chi connectivity index (χ3v) is 5.19. The number of likely N-dealkylation sites (tertiary alicyclic amines) is 1. The van der Waals surface area contributed by atoms with Gasteiger partial charge in [-0.25, -0.2) is 9.97 Å². The number of H-pyrrole nitrogens is 1. The van der Waals surface area contributed by atoms with Crippen molar-refractivity contribution >= 4 is 16.9 Å². The molecule has 3 aromatic rings. The maximum absolute atomic E-state index is 5.70. The molecule has 2 N–H and O–H groups in total. The summed E-state index contributed by atoms with van der Waals surface area (Å²) in [6, 6.07) is 9.74. The van der Waals surface area contributed by atoms with Crippen molar-refractivity contribution in [2.24, 2.45) is 0 Å². The van der Waals surface area contributed by atoms with Crippen molar-refractivity contribution < 1.29 is 9.47 Å². The summed E-state index contributed by atoms with van der Waals surface area (Å²) in [6.07, 6.45) is 4.36. The third kappa shape index (κ3) is 4.64. The maximum Gasteiger partial charge on any atom is 0.162 e. The highest BCUT2D eigenvalue weighted by atomic mass is 16.5. The monoisotopic (exact) mass is 415 g/mol. The number of rotatable bonds is 7. The quantitative estimate of drug-likeness (QED) is 0.454. The largest absolute Gasteiger partial charge is 0.493 e. The zero-order valence-electron chi connectivity index (χ0n) is 17.5. The minimum Gasteiger partial charge on any atom is -0.493 e. The van der Waals surface area contributed by atoms with Gasteiger partial charge in [-0.05, 0) is 36.6 Å². The highest BCUT2D eigenvalue weighted by Gasteiger charge is 2.23. The summed E-state index contributed by atoms with van der Waals surface area (Å²) < 4.78 is 11.0. The van der Waals surface area contributed by atoms with Crippen LogP contribution in [0.3, 0.4) is 0 Å². The first-order chi connectivity index (χ1) is 15.2. The molecule has 7 nitrogen and oxygen atoms in total. The summed E-state index contributed by atoms with van der Waals surface area (Å²) in [5.74, 6) is 8.27. The fraction of sp³-hybridized carbons (Fsp3) is 0.250. The van der Waals surface area contributed by atoms with Gasteiger partial charge in [0.2, 0.25) is 0 Å². The molecule has 0 unspecified atom stereocenters. The highest BCUT2D eigenvalue weighted by molar-refractivity contribution is 5.88. The van der Waals surface area contributed by atoms with E-state index >= 15 is 0 Å². The number of ether oxygens (including phenoxy) is 2. The molecule has 0 saturated carbocycles. The van der Waals surface area contributed by atoms with Gasteiger partial charge in [-0.15, -0.1) is 0 Å². The molecule has 31 heavy (non-hydrogen) atoms. The number of nitrogens with one attached hydrogen (secondary N) is 2. The minimum absolute atomic E-state index is 0.248. The second kappa shape index (κ2) is 9.26. The standard InChI is InChI=1S/C24H25N5O2/c1-4-17(2)29-12-11-19(15-29)28-24-20-14-18(27-23(20)25-16-26-24)8-7-13-31-22-10-6-5-9-21(22)30-3/h4-6,9-10,14,16,19H,1-2,11-13,15H2,3H3,(H2,25,26,27,28)/t19-/m1/s1. The van der Waals surface area contributed by atoms with E-state index in [1.54, 1.807) is 19.5 Å². The summed E-state index contributed by atoms with van der Waals surface area (Å²) >= 11 is 0. The van der Waals surface area contributed by atoms with Crippen LogP contribution in [0.1, 0.15) is 12.1 Å². The Bertz CT molecular complexity index is 1160. The van der Waals surface area contributed by atoms with Crippen LogP contribution in [0.5, 0.6) is 11.5 Å². The summed E-state index contributed by atoms with van der Waals surface area (Å²) in [5, 5.41) is 4.45. The number of aromatic nitrogens is 3. The Morgan fingerprint density at radius 2 is 2.19 bits per heavy atom. The van der Waals surface area contributed by atoms with E-state index in [-0.39, 0.29) is 12.6 Å². The number of para-hydroxylation sites is 2. The maximum atomic E-state index is 5.70. The van der Waals surface area contributed by atoms with Crippen molar-refractivity contribution in [2.45, 2.75) is 12.5 Å². The Labute approximate surface area is 181 Å². The first-order valence-electron chi connectivity index (χ1n) is 10.1. The van der Waals surface area contributed by atoms with Crippen molar-refractivity contribution in [1.29, 1.82) is 0 Å². The normalized spacial score (nSPS) is 15.3. The van der Waals surface area contributed by atoms with Crippen molar-refractivity contribution in [2.75, 3.05) is 32.1 Å². The lowest BCUT2D eigenvalue weighted by Crippen LogP contribution is -2.25. The summed E-state index contributed by atoms with van der Waals surface area (Å²) in [7, 11) is 1.61. The average Bonchev–Trinajstić information content (AvgIpc) is 3.44. The van der Waals surface area contributed by atoms with Crippen LogP contribution < -0.4 is 14.8 Å². The lowest BCUT2D eigenvalue weighted by Gasteiger charge is -2.19. The number of hydrogen-bond donors (Lipinski definition) is 2. The minimum atomic E-state index is 0.248. The molecule has 1 atom stereocenters. The van der Waals surface area contributed by atoms with Crippen LogP contribution in [-0.2, 0) is 0 Å². The van der Waals surface area contributed by atoms with Crippen LogP contribution in [0, 0.1) is 11.8 Å². The predicted molar refractivity (Wildman–Crippen MR) is 122 cm³/mol. The number of aromatic amines is 1. The molecule has 1 aliphatic rings. The van der Waals surface area contributed by atoms with E-state index in [1.807, 2.05) is 30.3 Å². The van der Waals surface area contributed by atoms with Gasteiger partial charge in [0.1, 0.15) is 24.4 Å².